The molecule has 1 N–H and O–H groups in total. The number of thiazole rings is 1. The van der Waals surface area contributed by atoms with Gasteiger partial charge in [-0.25, -0.2) is 0 Å². The highest BCUT2D eigenvalue weighted by atomic mass is 35.5. The molecule has 0 amide bonds. The van der Waals surface area contributed by atoms with E-state index in [1.165, 1.54) is 0 Å². The molecule has 1 aromatic heterocycles. The monoisotopic (exact) mass is 296 g/mol. The second-order valence-corrected chi connectivity index (χ2v) is 5.90. The van der Waals surface area contributed by atoms with Gasteiger partial charge in [-0.15, -0.1) is 11.3 Å². The van der Waals surface area contributed by atoms with Crippen molar-refractivity contribution in [3.05, 3.63) is 45.4 Å². The van der Waals surface area contributed by atoms with Gasteiger partial charge in [0.2, 0.25) is 0 Å². The van der Waals surface area contributed by atoms with Crippen LogP contribution >= 0.6 is 22.9 Å². The molecule has 0 unspecified atom stereocenters. The van der Waals surface area contributed by atoms with Crippen LogP contribution in [-0.2, 0) is 13.2 Å². The summed E-state index contributed by atoms with van der Waals surface area (Å²) in [4.78, 5) is 5.12. The highest BCUT2D eigenvalue weighted by Crippen LogP contribution is 2.29. The number of nitrogens with zero attached hydrogens (tertiary/aromatic N) is 1. The van der Waals surface area contributed by atoms with E-state index >= 15 is 0 Å². The summed E-state index contributed by atoms with van der Waals surface area (Å²) in [5.41, 5.74) is 2.87. The number of benzene rings is 1. The van der Waals surface area contributed by atoms with Crippen molar-refractivity contribution in [2.75, 3.05) is 0 Å². The number of nitrogens with one attached hydrogen (secondary N) is 1. The fourth-order valence-corrected chi connectivity index (χ4v) is 2.38. The highest BCUT2D eigenvalue weighted by Gasteiger charge is 2.09. The van der Waals surface area contributed by atoms with E-state index < -0.39 is 0 Å². The largest absolute Gasteiger partial charge is 0.486 e. The third-order valence-electron chi connectivity index (χ3n) is 2.59. The minimum atomic E-state index is 0.424. The van der Waals surface area contributed by atoms with Crippen molar-refractivity contribution in [1.82, 2.24) is 10.3 Å². The summed E-state index contributed by atoms with van der Waals surface area (Å²) < 4.78 is 5.84. The van der Waals surface area contributed by atoms with Gasteiger partial charge in [-0.3, -0.25) is 4.98 Å². The Bertz CT molecular complexity index is 514. The standard InChI is InChI=1S/C14H17ClN2OS/c1-10(2)17-6-11-4-3-5-13(15)14(11)18-8-12-7-16-9-19-12/h3-5,7,9-10,17H,6,8H2,1-2H3. The van der Waals surface area contributed by atoms with Gasteiger partial charge in [0.15, 0.2) is 0 Å². The van der Waals surface area contributed by atoms with Crippen LogP contribution in [0, 0.1) is 0 Å². The zero-order valence-corrected chi connectivity index (χ0v) is 12.6. The van der Waals surface area contributed by atoms with Crippen molar-refractivity contribution >= 4 is 22.9 Å². The smallest absolute Gasteiger partial charge is 0.142 e. The van der Waals surface area contributed by atoms with Crippen LogP contribution in [0.15, 0.2) is 29.9 Å². The number of hydrogen-bond donors (Lipinski definition) is 1. The first-order valence-electron chi connectivity index (χ1n) is 6.17. The van der Waals surface area contributed by atoms with Crippen LogP contribution in [0.4, 0.5) is 0 Å². The van der Waals surface area contributed by atoms with Gasteiger partial charge in [0.1, 0.15) is 12.4 Å². The molecule has 0 radical (unpaired) electrons. The molecule has 1 heterocycles. The maximum absolute atomic E-state index is 6.22. The second-order valence-electron chi connectivity index (χ2n) is 4.52. The van der Waals surface area contributed by atoms with Crippen molar-refractivity contribution in [2.45, 2.75) is 33.0 Å². The molecule has 0 aliphatic heterocycles. The Kier molecular flexibility index (Phi) is 5.19. The Balaban J connectivity index is 2.08. The minimum Gasteiger partial charge on any atom is -0.486 e. The molecular formula is C14H17ClN2OS. The molecule has 19 heavy (non-hydrogen) atoms. The first-order valence-corrected chi connectivity index (χ1v) is 7.43. The Morgan fingerprint density at radius 2 is 2.26 bits per heavy atom. The lowest BCUT2D eigenvalue weighted by atomic mass is 10.2. The fourth-order valence-electron chi connectivity index (χ4n) is 1.63. The molecule has 3 nitrogen and oxygen atoms in total. The van der Waals surface area contributed by atoms with Crippen molar-refractivity contribution in [3.8, 4) is 5.75 Å². The lowest BCUT2D eigenvalue weighted by molar-refractivity contribution is 0.305. The van der Waals surface area contributed by atoms with Crippen LogP contribution in [0.3, 0.4) is 0 Å². The van der Waals surface area contributed by atoms with Crippen LogP contribution < -0.4 is 10.1 Å². The molecule has 0 aliphatic rings. The minimum absolute atomic E-state index is 0.424. The number of halogens is 1. The molecule has 5 heteroatoms. The number of rotatable bonds is 6. The molecule has 0 atom stereocenters. The molecule has 2 rings (SSSR count). The van der Waals surface area contributed by atoms with E-state index in [4.69, 9.17) is 16.3 Å². The van der Waals surface area contributed by atoms with Crippen LogP contribution in [0.5, 0.6) is 5.75 Å². The molecule has 1 aromatic carbocycles. The van der Waals surface area contributed by atoms with Gasteiger partial charge in [-0.2, -0.15) is 0 Å². The molecule has 0 saturated carbocycles. The first-order chi connectivity index (χ1) is 9.16. The maximum atomic E-state index is 6.22. The van der Waals surface area contributed by atoms with Gasteiger partial charge >= 0.3 is 0 Å². The summed E-state index contributed by atoms with van der Waals surface area (Å²) in [6, 6.07) is 6.25. The van der Waals surface area contributed by atoms with Gasteiger partial charge in [-0.1, -0.05) is 37.6 Å². The van der Waals surface area contributed by atoms with Gasteiger partial charge in [0, 0.05) is 24.3 Å². The van der Waals surface area contributed by atoms with Crippen LogP contribution in [0.1, 0.15) is 24.3 Å². The Hall–Kier alpha value is -1.10. The number of ether oxygens (including phenoxy) is 1. The first kappa shape index (κ1) is 14.3. The normalized spacial score (nSPS) is 10.9. The third kappa shape index (κ3) is 4.20. The van der Waals surface area contributed by atoms with Gasteiger partial charge in [-0.05, 0) is 6.07 Å². The lowest BCUT2D eigenvalue weighted by Crippen LogP contribution is -2.22. The van der Waals surface area contributed by atoms with E-state index in [0.717, 1.165) is 22.7 Å². The molecule has 2 aromatic rings. The van der Waals surface area contributed by atoms with E-state index in [2.05, 4.69) is 24.1 Å². The molecule has 0 spiro atoms. The molecule has 102 valence electrons. The zero-order chi connectivity index (χ0) is 13.7. The number of hydrogen-bond acceptors (Lipinski definition) is 4. The predicted octanol–water partition coefficient (Wildman–Crippen LogP) is 3.87. The predicted molar refractivity (Wildman–Crippen MR) is 79.9 cm³/mol. The fraction of sp³-hybridized carbons (Fsp3) is 0.357. The van der Waals surface area contributed by atoms with Crippen molar-refractivity contribution < 1.29 is 4.74 Å². The Morgan fingerprint density at radius 1 is 1.42 bits per heavy atom. The van der Waals surface area contributed by atoms with E-state index in [-0.39, 0.29) is 0 Å². The van der Waals surface area contributed by atoms with Crippen LogP contribution in [-0.4, -0.2) is 11.0 Å². The van der Waals surface area contributed by atoms with Crippen LogP contribution in [0.25, 0.3) is 0 Å². The van der Waals surface area contributed by atoms with Crippen molar-refractivity contribution in [2.24, 2.45) is 0 Å². The Labute approximate surface area is 122 Å². The maximum Gasteiger partial charge on any atom is 0.142 e. The summed E-state index contributed by atoms with van der Waals surface area (Å²) in [6.45, 7) is 5.48. The summed E-state index contributed by atoms with van der Waals surface area (Å²) in [5, 5.41) is 4.02. The number of aromatic nitrogens is 1. The van der Waals surface area contributed by atoms with Crippen molar-refractivity contribution in [1.29, 1.82) is 0 Å². The summed E-state index contributed by atoms with van der Waals surface area (Å²) in [7, 11) is 0. The van der Waals surface area contributed by atoms with E-state index in [1.54, 1.807) is 16.8 Å². The molecule has 0 saturated heterocycles. The second kappa shape index (κ2) is 6.89. The molecule has 0 bridgehead atoms. The average molecular weight is 297 g/mol. The SMILES string of the molecule is CC(C)NCc1cccc(Cl)c1OCc1cncs1. The van der Waals surface area contributed by atoms with Crippen molar-refractivity contribution in [3.63, 3.8) is 0 Å². The molecule has 0 aliphatic carbocycles. The average Bonchev–Trinajstić information content (AvgIpc) is 2.88. The van der Waals surface area contributed by atoms with Gasteiger partial charge in [0.25, 0.3) is 0 Å². The van der Waals surface area contributed by atoms with E-state index in [9.17, 15) is 0 Å². The third-order valence-corrected chi connectivity index (χ3v) is 3.64. The molecule has 0 fully saturated rings. The topological polar surface area (TPSA) is 34.1 Å². The zero-order valence-electron chi connectivity index (χ0n) is 11.0. The lowest BCUT2D eigenvalue weighted by Gasteiger charge is -2.14. The summed E-state index contributed by atoms with van der Waals surface area (Å²) >= 11 is 7.80. The molecular weight excluding hydrogens is 280 g/mol. The van der Waals surface area contributed by atoms with Crippen LogP contribution in [0.2, 0.25) is 5.02 Å². The van der Waals surface area contributed by atoms with Gasteiger partial charge < -0.3 is 10.1 Å². The van der Waals surface area contributed by atoms with E-state index in [1.807, 2.05) is 24.4 Å². The highest BCUT2D eigenvalue weighted by molar-refractivity contribution is 7.09. The van der Waals surface area contributed by atoms with Gasteiger partial charge in [0.05, 0.1) is 15.4 Å². The Morgan fingerprint density at radius 3 is 2.95 bits per heavy atom. The number of para-hydroxylation sites is 1. The quantitative estimate of drug-likeness (QED) is 0.878. The van der Waals surface area contributed by atoms with E-state index in [0.29, 0.717) is 17.7 Å². The summed E-state index contributed by atoms with van der Waals surface area (Å²) in [5.74, 6) is 0.755. The summed E-state index contributed by atoms with van der Waals surface area (Å²) in [6.07, 6.45) is 1.81.